The maximum Gasteiger partial charge on any atom is 0.259 e. The lowest BCUT2D eigenvalue weighted by atomic mass is 10.1. The number of para-hydroxylation sites is 1. The summed E-state index contributed by atoms with van der Waals surface area (Å²) in [5, 5.41) is 3.55. The third-order valence-electron chi connectivity index (χ3n) is 3.20. The minimum Gasteiger partial charge on any atom is -0.495 e. The third-order valence-corrected chi connectivity index (χ3v) is 3.20. The molecule has 0 bridgehead atoms. The molecule has 5 heteroatoms. The Labute approximate surface area is 121 Å². The number of anilines is 2. The van der Waals surface area contributed by atoms with E-state index in [1.54, 1.807) is 18.2 Å². The Morgan fingerprint density at radius 2 is 2.05 bits per heavy atom. The van der Waals surface area contributed by atoms with Crippen LogP contribution in [0.15, 0.2) is 53.1 Å². The molecule has 21 heavy (non-hydrogen) atoms. The van der Waals surface area contributed by atoms with Crippen LogP contribution < -0.4 is 15.8 Å². The van der Waals surface area contributed by atoms with Crippen LogP contribution >= 0.6 is 0 Å². The largest absolute Gasteiger partial charge is 0.495 e. The van der Waals surface area contributed by atoms with Crippen molar-refractivity contribution in [2.75, 3.05) is 18.2 Å². The number of carbonyl (C=O) groups excluding carboxylic acids is 1. The van der Waals surface area contributed by atoms with Gasteiger partial charge < -0.3 is 20.2 Å². The second-order valence-electron chi connectivity index (χ2n) is 4.56. The summed E-state index contributed by atoms with van der Waals surface area (Å²) in [5.41, 5.74) is 7.94. The van der Waals surface area contributed by atoms with Crippen LogP contribution in [0, 0.1) is 0 Å². The number of nitrogen functional groups attached to an aromatic ring is 1. The molecule has 5 nitrogen and oxygen atoms in total. The number of nitrogens with one attached hydrogen (secondary N) is 1. The Kier molecular flexibility index (Phi) is 3.23. The van der Waals surface area contributed by atoms with Crippen LogP contribution in [0.1, 0.15) is 10.4 Å². The van der Waals surface area contributed by atoms with E-state index in [1.165, 1.54) is 13.4 Å². The summed E-state index contributed by atoms with van der Waals surface area (Å²) in [4.78, 5) is 12.4. The molecule has 3 rings (SSSR count). The Bertz CT molecular complexity index is 808. The van der Waals surface area contributed by atoms with Crippen LogP contribution in [-0.2, 0) is 0 Å². The molecule has 0 aliphatic carbocycles. The zero-order valence-corrected chi connectivity index (χ0v) is 11.4. The third kappa shape index (κ3) is 2.41. The number of amides is 1. The average Bonchev–Trinajstić information content (AvgIpc) is 2.91. The number of hydrogen-bond donors (Lipinski definition) is 2. The highest BCUT2D eigenvalue weighted by molar-refractivity contribution is 6.12. The maximum absolute atomic E-state index is 12.4. The number of rotatable bonds is 3. The molecule has 3 N–H and O–H groups in total. The monoisotopic (exact) mass is 282 g/mol. The molecule has 0 saturated heterocycles. The second kappa shape index (κ2) is 5.20. The Morgan fingerprint density at radius 1 is 1.24 bits per heavy atom. The van der Waals surface area contributed by atoms with Crippen LogP contribution in [0.2, 0.25) is 0 Å². The smallest absolute Gasteiger partial charge is 0.259 e. The van der Waals surface area contributed by atoms with Gasteiger partial charge in [-0.15, -0.1) is 0 Å². The molecule has 106 valence electrons. The minimum absolute atomic E-state index is 0.274. The minimum atomic E-state index is -0.274. The van der Waals surface area contributed by atoms with E-state index < -0.39 is 0 Å². The van der Waals surface area contributed by atoms with Crippen molar-refractivity contribution in [2.45, 2.75) is 0 Å². The number of furan rings is 1. The SMILES string of the molecule is COc1ccc(N)cc1NC(=O)c1coc2ccccc12. The standard InChI is InChI=1S/C16H14N2O3/c1-20-15-7-6-10(17)8-13(15)18-16(19)12-9-21-14-5-3-2-4-11(12)14/h2-9H,17H2,1H3,(H,18,19). The van der Waals surface area contributed by atoms with Crippen molar-refractivity contribution in [1.82, 2.24) is 0 Å². The van der Waals surface area contributed by atoms with Crippen LogP contribution in [0.4, 0.5) is 11.4 Å². The predicted molar refractivity (Wildman–Crippen MR) is 81.6 cm³/mol. The lowest BCUT2D eigenvalue weighted by Gasteiger charge is -2.10. The molecule has 0 aliphatic rings. The highest BCUT2D eigenvalue weighted by Crippen LogP contribution is 2.28. The van der Waals surface area contributed by atoms with E-state index in [1.807, 2.05) is 24.3 Å². The van der Waals surface area contributed by atoms with Crippen LogP contribution in [0.25, 0.3) is 11.0 Å². The van der Waals surface area contributed by atoms with Gasteiger partial charge in [-0.1, -0.05) is 18.2 Å². The number of methoxy groups -OCH3 is 1. The molecule has 0 radical (unpaired) electrons. The number of nitrogens with two attached hydrogens (primary N) is 1. The summed E-state index contributed by atoms with van der Waals surface area (Å²) >= 11 is 0. The van der Waals surface area contributed by atoms with Gasteiger partial charge in [-0.25, -0.2) is 0 Å². The van der Waals surface area contributed by atoms with Gasteiger partial charge >= 0.3 is 0 Å². The van der Waals surface area contributed by atoms with E-state index in [-0.39, 0.29) is 5.91 Å². The van der Waals surface area contributed by atoms with E-state index in [4.69, 9.17) is 14.9 Å². The van der Waals surface area contributed by atoms with Gasteiger partial charge in [0.1, 0.15) is 17.6 Å². The molecular formula is C16H14N2O3. The lowest BCUT2D eigenvalue weighted by molar-refractivity contribution is 0.102. The number of hydrogen-bond acceptors (Lipinski definition) is 4. The average molecular weight is 282 g/mol. The van der Waals surface area contributed by atoms with Crippen molar-refractivity contribution in [3.63, 3.8) is 0 Å². The van der Waals surface area contributed by atoms with Gasteiger partial charge in [0.05, 0.1) is 18.4 Å². The Morgan fingerprint density at radius 3 is 2.86 bits per heavy atom. The van der Waals surface area contributed by atoms with Gasteiger partial charge in [-0.3, -0.25) is 4.79 Å². The van der Waals surface area contributed by atoms with Crippen molar-refractivity contribution < 1.29 is 13.9 Å². The molecule has 1 aromatic heterocycles. The molecule has 3 aromatic rings. The predicted octanol–water partition coefficient (Wildman–Crippen LogP) is 3.28. The topological polar surface area (TPSA) is 77.5 Å². The molecule has 0 spiro atoms. The van der Waals surface area contributed by atoms with Crippen molar-refractivity contribution in [3.8, 4) is 5.75 Å². The van der Waals surface area contributed by atoms with Crippen molar-refractivity contribution in [2.24, 2.45) is 0 Å². The van der Waals surface area contributed by atoms with Gasteiger partial charge in [-0.05, 0) is 24.3 Å². The van der Waals surface area contributed by atoms with Gasteiger partial charge in [0.15, 0.2) is 0 Å². The van der Waals surface area contributed by atoms with Gasteiger partial charge in [-0.2, -0.15) is 0 Å². The molecule has 1 heterocycles. The van der Waals surface area contributed by atoms with E-state index in [0.717, 1.165) is 5.39 Å². The van der Waals surface area contributed by atoms with E-state index >= 15 is 0 Å². The fourth-order valence-corrected chi connectivity index (χ4v) is 2.17. The van der Waals surface area contributed by atoms with Crippen LogP contribution in [-0.4, -0.2) is 13.0 Å². The summed E-state index contributed by atoms with van der Waals surface area (Å²) in [7, 11) is 1.54. The molecule has 0 atom stereocenters. The quantitative estimate of drug-likeness (QED) is 0.723. The Hall–Kier alpha value is -2.95. The molecular weight excluding hydrogens is 268 g/mol. The van der Waals surface area contributed by atoms with Crippen LogP contribution in [0.3, 0.4) is 0 Å². The van der Waals surface area contributed by atoms with Gasteiger partial charge in [0.2, 0.25) is 0 Å². The second-order valence-corrected chi connectivity index (χ2v) is 4.56. The number of carbonyl (C=O) groups is 1. The summed E-state index contributed by atoms with van der Waals surface area (Å²) < 4.78 is 10.6. The maximum atomic E-state index is 12.4. The highest BCUT2D eigenvalue weighted by Gasteiger charge is 2.15. The van der Waals surface area contributed by atoms with Gasteiger partial charge in [0.25, 0.3) is 5.91 Å². The molecule has 0 unspecified atom stereocenters. The van der Waals surface area contributed by atoms with E-state index in [0.29, 0.717) is 28.3 Å². The first kappa shape index (κ1) is 13.1. The fourth-order valence-electron chi connectivity index (χ4n) is 2.17. The summed E-state index contributed by atoms with van der Waals surface area (Å²) in [6.07, 6.45) is 1.44. The summed E-state index contributed by atoms with van der Waals surface area (Å²) in [5.74, 6) is 0.272. The fraction of sp³-hybridized carbons (Fsp3) is 0.0625. The lowest BCUT2D eigenvalue weighted by Crippen LogP contribution is -2.12. The number of fused-ring (bicyclic) bond motifs is 1. The van der Waals surface area contributed by atoms with Gasteiger partial charge in [0, 0.05) is 11.1 Å². The molecule has 0 aliphatic heterocycles. The van der Waals surface area contributed by atoms with Crippen molar-refractivity contribution in [1.29, 1.82) is 0 Å². The highest BCUT2D eigenvalue weighted by atomic mass is 16.5. The van der Waals surface area contributed by atoms with E-state index in [9.17, 15) is 4.79 Å². The summed E-state index contributed by atoms with van der Waals surface area (Å²) in [6, 6.07) is 12.4. The molecule has 0 saturated carbocycles. The number of ether oxygens (including phenoxy) is 1. The first-order valence-corrected chi connectivity index (χ1v) is 6.40. The molecule has 1 amide bonds. The normalized spacial score (nSPS) is 10.5. The van der Waals surface area contributed by atoms with E-state index in [2.05, 4.69) is 5.32 Å². The zero-order valence-electron chi connectivity index (χ0n) is 11.4. The number of benzene rings is 2. The zero-order chi connectivity index (χ0) is 14.8. The summed E-state index contributed by atoms with van der Waals surface area (Å²) in [6.45, 7) is 0. The van der Waals surface area contributed by atoms with Crippen molar-refractivity contribution in [3.05, 3.63) is 54.3 Å². The molecule has 0 fully saturated rings. The Balaban J connectivity index is 1.95. The first-order valence-electron chi connectivity index (χ1n) is 6.40. The van der Waals surface area contributed by atoms with Crippen molar-refractivity contribution >= 4 is 28.3 Å². The molecule has 2 aromatic carbocycles. The first-order chi connectivity index (χ1) is 10.2. The van der Waals surface area contributed by atoms with Crippen LogP contribution in [0.5, 0.6) is 5.75 Å².